The second-order valence-electron chi connectivity index (χ2n) is 9.54. The average Bonchev–Trinajstić information content (AvgIpc) is 2.99. The zero-order valence-electron chi connectivity index (χ0n) is 22.8. The van der Waals surface area contributed by atoms with Gasteiger partial charge in [-0.05, 0) is 71.1 Å². The average molecular weight is 511 g/mol. The van der Waals surface area contributed by atoms with Gasteiger partial charge in [0, 0.05) is 36.6 Å². The van der Waals surface area contributed by atoms with Crippen molar-refractivity contribution in [2.75, 3.05) is 14.1 Å². The van der Waals surface area contributed by atoms with Crippen molar-refractivity contribution in [1.29, 1.82) is 0 Å². The van der Waals surface area contributed by atoms with Crippen molar-refractivity contribution in [1.82, 2.24) is 20.6 Å². The Bertz CT molecular complexity index is 1710. The molecule has 194 valence electrons. The van der Waals surface area contributed by atoms with E-state index >= 15 is 0 Å². The monoisotopic (exact) mass is 510 g/mol. The molecule has 0 saturated heterocycles. The maximum absolute atomic E-state index is 4.98. The van der Waals surface area contributed by atoms with E-state index in [1.807, 2.05) is 26.4 Å². The molecular formula is C35H34N4. The number of hydrogen-bond acceptors (Lipinski definition) is 4. The number of rotatable bonds is 9. The second kappa shape index (κ2) is 11.8. The fourth-order valence-electron chi connectivity index (χ4n) is 4.82. The lowest BCUT2D eigenvalue weighted by molar-refractivity contribution is 0.947. The summed E-state index contributed by atoms with van der Waals surface area (Å²) in [5, 5.41) is 8.61. The summed E-state index contributed by atoms with van der Waals surface area (Å²) in [4.78, 5) is 9.88. The van der Waals surface area contributed by atoms with E-state index in [4.69, 9.17) is 9.97 Å². The third-order valence-corrected chi connectivity index (χ3v) is 6.91. The number of unbranched alkanes of at least 4 members (excludes halogenated alkanes) is 1. The molecule has 2 aromatic heterocycles. The minimum Gasteiger partial charge on any atom is -0.393 e. The Labute approximate surface area is 230 Å². The maximum atomic E-state index is 4.98. The van der Waals surface area contributed by atoms with E-state index in [9.17, 15) is 0 Å². The summed E-state index contributed by atoms with van der Waals surface area (Å²) in [6.07, 6.45) is 8.17. The SMILES string of the molecule is C=C/C(=C\NC)c1cccc(-c2ccc3cc(-c4ccc5nc(/C(=C/CCC)NC)ccc5c4)ccc3n2)c1. The van der Waals surface area contributed by atoms with Crippen molar-refractivity contribution in [3.8, 4) is 22.4 Å². The van der Waals surface area contributed by atoms with Crippen LogP contribution in [-0.2, 0) is 0 Å². The van der Waals surface area contributed by atoms with E-state index in [1.165, 1.54) is 5.56 Å². The molecule has 39 heavy (non-hydrogen) atoms. The Kier molecular flexibility index (Phi) is 7.83. The number of nitrogens with one attached hydrogen (secondary N) is 2. The molecule has 0 spiro atoms. The predicted molar refractivity (Wildman–Crippen MR) is 167 cm³/mol. The highest BCUT2D eigenvalue weighted by molar-refractivity contribution is 5.90. The molecule has 2 heterocycles. The Hall–Kier alpha value is -4.70. The zero-order valence-corrected chi connectivity index (χ0v) is 22.8. The van der Waals surface area contributed by atoms with E-state index in [1.54, 1.807) is 0 Å². The van der Waals surface area contributed by atoms with Crippen LogP contribution in [0.2, 0.25) is 0 Å². The number of aromatic nitrogens is 2. The molecule has 0 bridgehead atoms. The Morgan fingerprint density at radius 2 is 1.51 bits per heavy atom. The van der Waals surface area contributed by atoms with Crippen LogP contribution >= 0.6 is 0 Å². The standard InChI is InChI=1S/C35H34N4/c1-5-7-11-34(37-4)35-19-15-30-22-27(13-17-33(30)39-35)26-12-16-32-29(21-26)14-18-31(38-32)28-10-8-9-25(20-28)24(6-2)23-36-3/h6,8-23,36-37H,2,5,7H2,1,3-4H3/b24-23+,34-11-. The van der Waals surface area contributed by atoms with Gasteiger partial charge < -0.3 is 10.6 Å². The van der Waals surface area contributed by atoms with Crippen LogP contribution in [0, 0.1) is 0 Å². The smallest absolute Gasteiger partial charge is 0.0865 e. The van der Waals surface area contributed by atoms with Crippen LogP contribution in [0.4, 0.5) is 0 Å². The number of benzene rings is 3. The van der Waals surface area contributed by atoms with Crippen molar-refractivity contribution in [2.24, 2.45) is 0 Å². The molecule has 3 aromatic carbocycles. The normalized spacial score (nSPS) is 12.1. The molecule has 5 aromatic rings. The van der Waals surface area contributed by atoms with Crippen molar-refractivity contribution < 1.29 is 0 Å². The van der Waals surface area contributed by atoms with Crippen LogP contribution < -0.4 is 10.6 Å². The summed E-state index contributed by atoms with van der Waals surface area (Å²) in [6.45, 7) is 6.12. The van der Waals surface area contributed by atoms with Gasteiger partial charge in [-0.1, -0.05) is 74.5 Å². The predicted octanol–water partition coefficient (Wildman–Crippen LogP) is 8.22. The fraction of sp³-hybridized carbons (Fsp3) is 0.143. The van der Waals surface area contributed by atoms with Crippen LogP contribution in [0.15, 0.2) is 110 Å². The third kappa shape index (κ3) is 5.60. The fourth-order valence-corrected chi connectivity index (χ4v) is 4.82. The highest BCUT2D eigenvalue weighted by Gasteiger charge is 2.08. The lowest BCUT2D eigenvalue weighted by Gasteiger charge is -2.10. The Morgan fingerprint density at radius 3 is 2.18 bits per heavy atom. The number of allylic oxidation sites excluding steroid dienone is 3. The van der Waals surface area contributed by atoms with E-state index < -0.39 is 0 Å². The molecule has 0 unspecified atom stereocenters. The van der Waals surface area contributed by atoms with E-state index in [2.05, 4.69) is 115 Å². The second-order valence-corrected chi connectivity index (χ2v) is 9.54. The van der Waals surface area contributed by atoms with Gasteiger partial charge in [0.25, 0.3) is 0 Å². The molecule has 0 aliphatic heterocycles. The van der Waals surface area contributed by atoms with Crippen molar-refractivity contribution in [2.45, 2.75) is 19.8 Å². The van der Waals surface area contributed by atoms with Gasteiger partial charge in [-0.15, -0.1) is 0 Å². The van der Waals surface area contributed by atoms with Gasteiger partial charge in [-0.3, -0.25) is 0 Å². The first-order valence-corrected chi connectivity index (χ1v) is 13.4. The molecule has 4 heteroatoms. The Balaban J connectivity index is 1.44. The maximum Gasteiger partial charge on any atom is 0.0865 e. The molecule has 4 nitrogen and oxygen atoms in total. The molecular weight excluding hydrogens is 476 g/mol. The molecule has 0 saturated carbocycles. The highest BCUT2D eigenvalue weighted by Crippen LogP contribution is 2.29. The molecule has 0 fully saturated rings. The summed E-state index contributed by atoms with van der Waals surface area (Å²) in [5.74, 6) is 0. The first-order valence-electron chi connectivity index (χ1n) is 13.4. The summed E-state index contributed by atoms with van der Waals surface area (Å²) < 4.78 is 0. The first kappa shape index (κ1) is 25.9. The lowest BCUT2D eigenvalue weighted by atomic mass is 9.99. The number of fused-ring (bicyclic) bond motifs is 2. The van der Waals surface area contributed by atoms with Gasteiger partial charge >= 0.3 is 0 Å². The molecule has 0 atom stereocenters. The molecule has 0 radical (unpaired) electrons. The summed E-state index contributed by atoms with van der Waals surface area (Å²) in [7, 11) is 3.84. The van der Waals surface area contributed by atoms with Gasteiger partial charge in [0.05, 0.1) is 28.1 Å². The lowest BCUT2D eigenvalue weighted by Crippen LogP contribution is -2.06. The molecule has 2 N–H and O–H groups in total. The minimum absolute atomic E-state index is 0.950. The van der Waals surface area contributed by atoms with E-state index in [0.717, 1.165) is 74.0 Å². The van der Waals surface area contributed by atoms with Crippen LogP contribution in [0.1, 0.15) is 31.0 Å². The van der Waals surface area contributed by atoms with E-state index in [-0.39, 0.29) is 0 Å². The third-order valence-electron chi connectivity index (χ3n) is 6.91. The summed E-state index contributed by atoms with van der Waals surface area (Å²) in [6, 6.07) is 29.8. The highest BCUT2D eigenvalue weighted by atomic mass is 14.9. The van der Waals surface area contributed by atoms with Crippen LogP contribution in [0.25, 0.3) is 55.5 Å². The van der Waals surface area contributed by atoms with Gasteiger partial charge in [0.15, 0.2) is 0 Å². The number of hydrogen-bond donors (Lipinski definition) is 2. The topological polar surface area (TPSA) is 49.8 Å². The van der Waals surface area contributed by atoms with Crippen LogP contribution in [0.3, 0.4) is 0 Å². The zero-order chi connectivity index (χ0) is 27.2. The Morgan fingerprint density at radius 1 is 0.795 bits per heavy atom. The molecule has 0 aliphatic carbocycles. The van der Waals surface area contributed by atoms with Gasteiger partial charge in [0.2, 0.25) is 0 Å². The summed E-state index contributed by atoms with van der Waals surface area (Å²) in [5.41, 5.74) is 10.5. The van der Waals surface area contributed by atoms with E-state index in [0.29, 0.717) is 0 Å². The van der Waals surface area contributed by atoms with Crippen molar-refractivity contribution >= 4 is 33.1 Å². The first-order chi connectivity index (χ1) is 19.1. The molecule has 5 rings (SSSR count). The number of nitrogens with zero attached hydrogens (tertiary/aromatic N) is 2. The summed E-state index contributed by atoms with van der Waals surface area (Å²) >= 11 is 0. The van der Waals surface area contributed by atoms with Crippen LogP contribution in [0.5, 0.6) is 0 Å². The quantitative estimate of drug-likeness (QED) is 0.196. The molecule has 0 amide bonds. The van der Waals surface area contributed by atoms with Gasteiger partial charge in [0.1, 0.15) is 0 Å². The van der Waals surface area contributed by atoms with Crippen LogP contribution in [-0.4, -0.2) is 24.1 Å². The van der Waals surface area contributed by atoms with Crippen molar-refractivity contribution in [3.63, 3.8) is 0 Å². The molecule has 0 aliphatic rings. The minimum atomic E-state index is 0.950. The number of pyridine rings is 2. The van der Waals surface area contributed by atoms with Crippen molar-refractivity contribution in [3.05, 3.63) is 121 Å². The largest absolute Gasteiger partial charge is 0.393 e. The van der Waals surface area contributed by atoms with Gasteiger partial charge in [-0.2, -0.15) is 0 Å². The van der Waals surface area contributed by atoms with Gasteiger partial charge in [-0.25, -0.2) is 9.97 Å².